The highest BCUT2D eigenvalue weighted by Gasteiger charge is 2.15. The van der Waals surface area contributed by atoms with Crippen LogP contribution in [0.15, 0.2) is 35.0 Å². The van der Waals surface area contributed by atoms with E-state index in [2.05, 4.69) is 16.5 Å². The molecule has 0 aromatic heterocycles. The first-order chi connectivity index (χ1) is 12.4. The number of anilines is 1. The maximum Gasteiger partial charge on any atom is 0.337 e. The van der Waals surface area contributed by atoms with Crippen LogP contribution >= 0.6 is 0 Å². The lowest BCUT2D eigenvalue weighted by molar-refractivity contribution is 0.0705. The Labute approximate surface area is 155 Å². The Bertz CT molecular complexity index is 697. The summed E-state index contributed by atoms with van der Waals surface area (Å²) in [6.07, 6.45) is 6.86. The molecule has 2 rings (SSSR count). The molecule has 0 heterocycles. The zero-order valence-corrected chi connectivity index (χ0v) is 16.1. The summed E-state index contributed by atoms with van der Waals surface area (Å²) in [5.41, 5.74) is 4.79. The van der Waals surface area contributed by atoms with Crippen molar-refractivity contribution in [1.82, 2.24) is 10.1 Å². The highest BCUT2D eigenvalue weighted by Crippen LogP contribution is 2.22. The molecule has 0 saturated heterocycles. The van der Waals surface area contributed by atoms with E-state index < -0.39 is 0 Å². The molecule has 7 heteroatoms. The Morgan fingerprint density at radius 2 is 2.12 bits per heavy atom. The molecule has 0 radical (unpaired) electrons. The number of oxime groups is 1. The van der Waals surface area contributed by atoms with E-state index >= 15 is 0 Å². The summed E-state index contributed by atoms with van der Waals surface area (Å²) in [5.74, 6) is 5.59. The Kier molecular flexibility index (Phi) is 7.17. The molecule has 26 heavy (non-hydrogen) atoms. The van der Waals surface area contributed by atoms with Crippen LogP contribution in [0.25, 0.3) is 0 Å². The second-order valence-corrected chi connectivity index (χ2v) is 6.55. The van der Waals surface area contributed by atoms with Gasteiger partial charge in [-0.15, -0.1) is 0 Å². The van der Waals surface area contributed by atoms with Crippen LogP contribution in [-0.4, -0.2) is 36.0 Å². The van der Waals surface area contributed by atoms with Crippen molar-refractivity contribution in [3.8, 4) is 0 Å². The molecule has 0 fully saturated rings. The van der Waals surface area contributed by atoms with E-state index in [1.165, 1.54) is 28.5 Å². The van der Waals surface area contributed by atoms with E-state index in [9.17, 15) is 4.79 Å². The zero-order chi connectivity index (χ0) is 19.1. The minimum Gasteiger partial charge on any atom is -0.391 e. The molecule has 0 atom stereocenters. The van der Waals surface area contributed by atoms with Crippen LogP contribution in [0.3, 0.4) is 0 Å². The minimum atomic E-state index is -0.325. The molecule has 142 valence electrons. The molecule has 1 aromatic rings. The highest BCUT2D eigenvalue weighted by atomic mass is 16.6. The van der Waals surface area contributed by atoms with E-state index in [0.29, 0.717) is 5.69 Å². The lowest BCUT2D eigenvalue weighted by Gasteiger charge is -2.24. The van der Waals surface area contributed by atoms with Gasteiger partial charge < -0.3 is 10.2 Å². The fourth-order valence-corrected chi connectivity index (χ4v) is 2.77. The quantitative estimate of drug-likeness (QED) is 0.462. The first kappa shape index (κ1) is 19.9. The maximum atomic E-state index is 12.2. The molecule has 0 aliphatic heterocycles. The number of hydrogen-bond donors (Lipinski definition) is 2. The molecule has 0 bridgehead atoms. The number of urea groups is 1. The molecule has 0 saturated carbocycles. The number of hydrogen-bond acceptors (Lipinski definition) is 5. The number of nitrogens with zero attached hydrogens (tertiary/aromatic N) is 3. The summed E-state index contributed by atoms with van der Waals surface area (Å²) >= 11 is 0. The molecule has 7 nitrogen and oxygen atoms in total. The molecule has 1 aliphatic rings. The Hall–Kier alpha value is -2.38. The van der Waals surface area contributed by atoms with Crippen molar-refractivity contribution < 1.29 is 9.63 Å². The predicted molar refractivity (Wildman–Crippen MR) is 104 cm³/mol. The third-order valence-electron chi connectivity index (χ3n) is 4.59. The monoisotopic (exact) mass is 359 g/mol. The van der Waals surface area contributed by atoms with Gasteiger partial charge in [0.05, 0.1) is 5.71 Å². The molecule has 2 amide bonds. The van der Waals surface area contributed by atoms with Crippen molar-refractivity contribution in [2.24, 2.45) is 11.0 Å². The van der Waals surface area contributed by atoms with Gasteiger partial charge in [-0.05, 0) is 56.7 Å². The summed E-state index contributed by atoms with van der Waals surface area (Å²) in [6.45, 7) is 4.24. The number of allylic oxidation sites excluding steroid dienone is 2. The van der Waals surface area contributed by atoms with Crippen molar-refractivity contribution in [3.05, 3.63) is 41.0 Å². The van der Waals surface area contributed by atoms with Crippen LogP contribution in [0, 0.1) is 6.92 Å². The smallest absolute Gasteiger partial charge is 0.337 e. The number of carbonyl (C=O) groups excluding carboxylic acids is 1. The molecular weight excluding hydrogens is 330 g/mol. The standard InChI is InChI=1S/C19H29N5O2/c1-14-9-8-12-18(21-19(25)23(3)24(4)20)17(14)13-26-22-15(2)16-10-6-5-7-11-16/h8-10,12H,5-7,11,13,20H2,1-4H3,(H,21,25)/b22-15-. The number of aryl methyl sites for hydroxylation is 1. The van der Waals surface area contributed by atoms with Gasteiger partial charge in [0.15, 0.2) is 0 Å². The van der Waals surface area contributed by atoms with Gasteiger partial charge in [-0.1, -0.05) is 23.4 Å². The number of carbonyl (C=O) groups is 1. The topological polar surface area (TPSA) is 83.2 Å². The maximum absolute atomic E-state index is 12.2. The van der Waals surface area contributed by atoms with Gasteiger partial charge in [0.25, 0.3) is 0 Å². The number of amides is 2. The Morgan fingerprint density at radius 1 is 1.35 bits per heavy atom. The Balaban J connectivity index is 2.07. The number of nitrogens with two attached hydrogens (primary N) is 1. The fraction of sp³-hybridized carbons (Fsp3) is 0.474. The molecule has 0 spiro atoms. The Morgan fingerprint density at radius 3 is 2.77 bits per heavy atom. The van der Waals surface area contributed by atoms with Crippen LogP contribution < -0.4 is 11.2 Å². The molecular formula is C19H29N5O2. The summed E-state index contributed by atoms with van der Waals surface area (Å²) in [5, 5.41) is 9.62. The predicted octanol–water partition coefficient (Wildman–Crippen LogP) is 3.57. The van der Waals surface area contributed by atoms with Gasteiger partial charge in [-0.3, -0.25) is 5.84 Å². The van der Waals surface area contributed by atoms with Crippen molar-refractivity contribution in [1.29, 1.82) is 0 Å². The first-order valence-corrected chi connectivity index (χ1v) is 8.87. The second-order valence-electron chi connectivity index (χ2n) is 6.55. The van der Waals surface area contributed by atoms with E-state index in [4.69, 9.17) is 10.7 Å². The fourth-order valence-electron chi connectivity index (χ4n) is 2.77. The van der Waals surface area contributed by atoms with Crippen LogP contribution in [0.2, 0.25) is 0 Å². The van der Waals surface area contributed by atoms with Gasteiger partial charge in [0.1, 0.15) is 6.61 Å². The summed E-state index contributed by atoms with van der Waals surface area (Å²) in [6, 6.07) is 5.39. The van der Waals surface area contributed by atoms with E-state index in [0.717, 1.165) is 29.7 Å². The summed E-state index contributed by atoms with van der Waals surface area (Å²) < 4.78 is 0. The summed E-state index contributed by atoms with van der Waals surface area (Å²) in [7, 11) is 3.18. The van der Waals surface area contributed by atoms with Crippen LogP contribution in [0.5, 0.6) is 0 Å². The van der Waals surface area contributed by atoms with E-state index in [1.807, 2.05) is 32.0 Å². The average Bonchev–Trinajstić information content (AvgIpc) is 2.63. The van der Waals surface area contributed by atoms with Crippen LogP contribution in [0.4, 0.5) is 10.5 Å². The third-order valence-corrected chi connectivity index (χ3v) is 4.59. The number of hydrazine groups is 2. The third kappa shape index (κ3) is 5.31. The van der Waals surface area contributed by atoms with Gasteiger partial charge in [0.2, 0.25) is 0 Å². The van der Waals surface area contributed by atoms with Crippen LogP contribution in [0.1, 0.15) is 43.7 Å². The van der Waals surface area contributed by atoms with Crippen LogP contribution in [-0.2, 0) is 11.4 Å². The molecule has 3 N–H and O–H groups in total. The van der Waals surface area contributed by atoms with Crippen molar-refractivity contribution in [2.75, 3.05) is 19.4 Å². The van der Waals surface area contributed by atoms with E-state index in [-0.39, 0.29) is 12.6 Å². The van der Waals surface area contributed by atoms with Crippen molar-refractivity contribution >= 4 is 17.4 Å². The lowest BCUT2D eigenvalue weighted by atomic mass is 9.97. The van der Waals surface area contributed by atoms with E-state index in [1.54, 1.807) is 14.1 Å². The summed E-state index contributed by atoms with van der Waals surface area (Å²) in [4.78, 5) is 17.8. The normalized spacial score (nSPS) is 14.8. The minimum absolute atomic E-state index is 0.287. The van der Waals surface area contributed by atoms with Crippen molar-refractivity contribution in [2.45, 2.75) is 46.1 Å². The largest absolute Gasteiger partial charge is 0.391 e. The molecule has 0 unspecified atom stereocenters. The first-order valence-electron chi connectivity index (χ1n) is 8.87. The highest BCUT2D eigenvalue weighted by molar-refractivity contribution is 5.97. The number of rotatable bonds is 6. The van der Waals surface area contributed by atoms with Gasteiger partial charge in [-0.2, -0.15) is 5.12 Å². The number of benzene rings is 1. The van der Waals surface area contributed by atoms with Gasteiger partial charge >= 0.3 is 6.03 Å². The van der Waals surface area contributed by atoms with Gasteiger partial charge in [-0.25, -0.2) is 9.80 Å². The lowest BCUT2D eigenvalue weighted by Crippen LogP contribution is -2.47. The number of nitrogens with one attached hydrogen (secondary N) is 1. The zero-order valence-electron chi connectivity index (χ0n) is 16.1. The van der Waals surface area contributed by atoms with Gasteiger partial charge in [0, 0.05) is 25.3 Å². The molecule has 1 aliphatic carbocycles. The van der Waals surface area contributed by atoms with Crippen molar-refractivity contribution in [3.63, 3.8) is 0 Å². The average molecular weight is 359 g/mol. The molecule has 1 aromatic carbocycles. The second kappa shape index (κ2) is 9.35. The SMILES string of the molecule is C/C(=N/OCc1c(C)cccc1NC(=O)N(C)N(C)N)C1=CCCCC1.